The molecule has 0 aliphatic carbocycles. The van der Waals surface area contributed by atoms with Gasteiger partial charge in [0.15, 0.2) is 5.78 Å². The number of Topliss-reactive ketones (excluding diaryl/α,β-unsaturated/α-hetero) is 1. The number of aliphatic hydroxyl groups excluding tert-OH is 1. The monoisotopic (exact) mass is 193 g/mol. The first-order chi connectivity index (χ1) is 6.81. The fourth-order valence-electron chi connectivity index (χ4n) is 1.52. The number of hydrogen-bond donors (Lipinski definition) is 1. The molecule has 1 aromatic rings. The summed E-state index contributed by atoms with van der Waals surface area (Å²) in [5.74, 6) is -0.0526. The summed E-state index contributed by atoms with van der Waals surface area (Å²) in [5, 5.41) is 8.83. The van der Waals surface area contributed by atoms with E-state index >= 15 is 0 Å². The summed E-state index contributed by atoms with van der Waals surface area (Å²) in [4.78, 5) is 15.4. The lowest BCUT2D eigenvalue weighted by atomic mass is 10.1. The third-order valence-electron chi connectivity index (χ3n) is 2.26. The second-order valence-electron chi connectivity index (χ2n) is 3.22. The summed E-state index contributed by atoms with van der Waals surface area (Å²) in [6, 6.07) is 5.48. The summed E-state index contributed by atoms with van der Waals surface area (Å²) in [6.07, 6.45) is 1.01. The molecule has 4 nitrogen and oxygen atoms in total. The van der Waals surface area contributed by atoms with Crippen LogP contribution in [0.1, 0.15) is 18.2 Å². The van der Waals surface area contributed by atoms with Crippen LogP contribution in [0.25, 0.3) is 0 Å². The fourth-order valence-corrected chi connectivity index (χ4v) is 1.52. The zero-order valence-electron chi connectivity index (χ0n) is 7.59. The highest BCUT2D eigenvalue weighted by atomic mass is 16.5. The predicted molar refractivity (Wildman–Crippen MR) is 48.6 cm³/mol. The van der Waals surface area contributed by atoms with E-state index in [0.717, 1.165) is 5.69 Å². The summed E-state index contributed by atoms with van der Waals surface area (Å²) in [6.45, 7) is -0.248. The van der Waals surface area contributed by atoms with Crippen LogP contribution in [0, 0.1) is 0 Å². The average Bonchev–Trinajstić information content (AvgIpc) is 2.61. The van der Waals surface area contributed by atoms with Gasteiger partial charge in [-0.2, -0.15) is 0 Å². The Morgan fingerprint density at radius 2 is 2.43 bits per heavy atom. The van der Waals surface area contributed by atoms with Gasteiger partial charge in [-0.25, -0.2) is 0 Å². The Morgan fingerprint density at radius 1 is 1.57 bits per heavy atom. The van der Waals surface area contributed by atoms with Gasteiger partial charge in [0.05, 0.1) is 12.3 Å². The Balaban J connectivity index is 2.13. The molecule has 1 saturated heterocycles. The smallest absolute Gasteiger partial charge is 0.166 e. The van der Waals surface area contributed by atoms with Crippen molar-refractivity contribution in [2.45, 2.75) is 18.6 Å². The fraction of sp³-hybridized carbons (Fsp3) is 0.400. The minimum absolute atomic E-state index is 0.0526. The number of aliphatic hydroxyl groups is 1. The molecule has 0 unspecified atom stereocenters. The second kappa shape index (κ2) is 3.86. The van der Waals surface area contributed by atoms with Crippen LogP contribution in [0.15, 0.2) is 24.4 Å². The lowest BCUT2D eigenvalue weighted by Crippen LogP contribution is -2.19. The number of nitrogens with zero attached hydrogens (tertiary/aromatic N) is 1. The summed E-state index contributed by atoms with van der Waals surface area (Å²) < 4.78 is 5.35. The minimum Gasteiger partial charge on any atom is -0.393 e. The van der Waals surface area contributed by atoms with Gasteiger partial charge in [0, 0.05) is 12.6 Å². The van der Waals surface area contributed by atoms with Crippen molar-refractivity contribution in [1.29, 1.82) is 0 Å². The molecule has 2 heterocycles. The van der Waals surface area contributed by atoms with Gasteiger partial charge in [-0.05, 0) is 12.1 Å². The molecule has 0 saturated carbocycles. The Morgan fingerprint density at radius 3 is 3.00 bits per heavy atom. The molecule has 1 fully saturated rings. The van der Waals surface area contributed by atoms with Gasteiger partial charge in [0.25, 0.3) is 0 Å². The number of aromatic nitrogens is 1. The highest BCUT2D eigenvalue weighted by Crippen LogP contribution is 2.28. The summed E-state index contributed by atoms with van der Waals surface area (Å²) in [5.41, 5.74) is 0.747. The maximum Gasteiger partial charge on any atom is 0.166 e. The highest BCUT2D eigenvalue weighted by molar-refractivity contribution is 5.85. The predicted octanol–water partition coefficient (Wildman–Crippen LogP) is 0.473. The average molecular weight is 193 g/mol. The molecular weight excluding hydrogens is 182 g/mol. The van der Waals surface area contributed by atoms with Crippen LogP contribution in [0.2, 0.25) is 0 Å². The standard InChI is InChI=1S/C10H11NO3/c12-6-10-8(13)5-9(14-10)7-3-1-2-4-11-7/h1-4,9-10,12H,5-6H2/t9-,10+/m0/s1. The molecule has 0 bridgehead atoms. The van der Waals surface area contributed by atoms with Crippen molar-refractivity contribution in [3.05, 3.63) is 30.1 Å². The Kier molecular flexibility index (Phi) is 2.56. The third-order valence-corrected chi connectivity index (χ3v) is 2.26. The molecule has 1 N–H and O–H groups in total. The van der Waals surface area contributed by atoms with Gasteiger partial charge in [-0.15, -0.1) is 0 Å². The maximum atomic E-state index is 11.3. The molecule has 0 aromatic carbocycles. The lowest BCUT2D eigenvalue weighted by molar-refractivity contribution is -0.124. The van der Waals surface area contributed by atoms with Crippen molar-refractivity contribution in [2.24, 2.45) is 0 Å². The van der Waals surface area contributed by atoms with Crippen molar-refractivity contribution in [3.63, 3.8) is 0 Å². The number of pyridine rings is 1. The van der Waals surface area contributed by atoms with Crippen LogP contribution in [-0.4, -0.2) is 28.6 Å². The maximum absolute atomic E-state index is 11.3. The Hall–Kier alpha value is -1.26. The SMILES string of the molecule is O=C1C[C@@H](c2ccccn2)O[C@@H]1CO. The molecular formula is C10H11NO3. The summed E-state index contributed by atoms with van der Waals surface area (Å²) in [7, 11) is 0. The number of hydrogen-bond acceptors (Lipinski definition) is 4. The van der Waals surface area contributed by atoms with Crippen LogP contribution in [0.4, 0.5) is 0 Å². The Labute approximate surface area is 81.5 Å². The number of ether oxygens (including phenoxy) is 1. The Bertz CT molecular complexity index is 325. The number of carbonyl (C=O) groups is 1. The lowest BCUT2D eigenvalue weighted by Gasteiger charge is -2.09. The zero-order valence-corrected chi connectivity index (χ0v) is 7.59. The van der Waals surface area contributed by atoms with E-state index in [1.807, 2.05) is 18.2 Å². The second-order valence-corrected chi connectivity index (χ2v) is 3.22. The molecule has 2 atom stereocenters. The molecule has 1 aromatic heterocycles. The highest BCUT2D eigenvalue weighted by Gasteiger charge is 2.34. The van der Waals surface area contributed by atoms with E-state index in [9.17, 15) is 4.79 Å². The molecule has 74 valence electrons. The van der Waals surface area contributed by atoms with Crippen molar-refractivity contribution in [3.8, 4) is 0 Å². The van der Waals surface area contributed by atoms with E-state index in [1.165, 1.54) is 0 Å². The van der Waals surface area contributed by atoms with Crippen molar-refractivity contribution in [1.82, 2.24) is 4.98 Å². The van der Waals surface area contributed by atoms with Gasteiger partial charge in [-0.3, -0.25) is 9.78 Å². The summed E-state index contributed by atoms with van der Waals surface area (Å²) >= 11 is 0. The largest absolute Gasteiger partial charge is 0.393 e. The first-order valence-corrected chi connectivity index (χ1v) is 4.51. The van der Waals surface area contributed by atoms with Crippen molar-refractivity contribution in [2.75, 3.05) is 6.61 Å². The van der Waals surface area contributed by atoms with E-state index in [4.69, 9.17) is 9.84 Å². The zero-order chi connectivity index (χ0) is 9.97. The molecule has 2 rings (SSSR count). The van der Waals surface area contributed by atoms with E-state index in [0.29, 0.717) is 6.42 Å². The molecule has 1 aliphatic rings. The van der Waals surface area contributed by atoms with Gasteiger partial charge < -0.3 is 9.84 Å². The first-order valence-electron chi connectivity index (χ1n) is 4.51. The molecule has 0 radical (unpaired) electrons. The normalized spacial score (nSPS) is 26.8. The number of carbonyl (C=O) groups excluding carboxylic acids is 1. The van der Waals surface area contributed by atoms with E-state index in [2.05, 4.69) is 4.98 Å². The van der Waals surface area contributed by atoms with Crippen LogP contribution < -0.4 is 0 Å². The molecule has 0 amide bonds. The number of rotatable bonds is 2. The van der Waals surface area contributed by atoms with Crippen LogP contribution in [0.3, 0.4) is 0 Å². The third kappa shape index (κ3) is 1.66. The van der Waals surface area contributed by atoms with E-state index in [1.54, 1.807) is 6.20 Å². The minimum atomic E-state index is -0.665. The van der Waals surface area contributed by atoms with Gasteiger partial charge >= 0.3 is 0 Å². The van der Waals surface area contributed by atoms with Gasteiger partial charge in [0.1, 0.15) is 12.2 Å². The van der Waals surface area contributed by atoms with E-state index < -0.39 is 6.10 Å². The van der Waals surface area contributed by atoms with Crippen LogP contribution in [-0.2, 0) is 9.53 Å². The molecule has 14 heavy (non-hydrogen) atoms. The molecule has 0 spiro atoms. The first kappa shape index (κ1) is 9.30. The van der Waals surface area contributed by atoms with Gasteiger partial charge in [-0.1, -0.05) is 6.07 Å². The van der Waals surface area contributed by atoms with Gasteiger partial charge in [0.2, 0.25) is 0 Å². The van der Waals surface area contributed by atoms with Crippen molar-refractivity contribution < 1.29 is 14.6 Å². The topological polar surface area (TPSA) is 59.4 Å². The molecule has 1 aliphatic heterocycles. The van der Waals surface area contributed by atoms with Crippen LogP contribution >= 0.6 is 0 Å². The van der Waals surface area contributed by atoms with Crippen molar-refractivity contribution >= 4 is 5.78 Å². The van der Waals surface area contributed by atoms with E-state index in [-0.39, 0.29) is 18.5 Å². The quantitative estimate of drug-likeness (QED) is 0.741. The number of ketones is 1. The van der Waals surface area contributed by atoms with Crippen LogP contribution in [0.5, 0.6) is 0 Å². The molecule has 4 heteroatoms.